The molecule has 4 aromatic rings. The van der Waals surface area contributed by atoms with Crippen LogP contribution in [0.2, 0.25) is 0 Å². The minimum Gasteiger partial charge on any atom is -0.346 e. The first-order valence-electron chi connectivity index (χ1n) is 15.1. The summed E-state index contributed by atoms with van der Waals surface area (Å²) in [4.78, 5) is 4.53. The summed E-state index contributed by atoms with van der Waals surface area (Å²) < 4.78 is 2.34. The van der Waals surface area contributed by atoms with Crippen molar-refractivity contribution in [2.75, 3.05) is 29.9 Å². The van der Waals surface area contributed by atoms with E-state index in [2.05, 4.69) is 171 Å². The van der Waals surface area contributed by atoms with Crippen LogP contribution < -0.4 is 9.80 Å². The Morgan fingerprint density at radius 3 is 1.81 bits per heavy atom. The molecule has 3 heteroatoms. The average Bonchev–Trinajstić information content (AvgIpc) is 3.35. The highest BCUT2D eigenvalue weighted by molar-refractivity contribution is 6.38. The number of para-hydroxylation sites is 1. The van der Waals surface area contributed by atoms with Crippen LogP contribution in [0.25, 0.3) is 11.1 Å². The van der Waals surface area contributed by atoms with Crippen LogP contribution in [0, 0.1) is 0 Å². The maximum Gasteiger partial charge on any atom is 0.221 e. The van der Waals surface area contributed by atoms with Crippen LogP contribution in [-0.4, -0.2) is 30.4 Å². The van der Waals surface area contributed by atoms with Gasteiger partial charge in [-0.2, -0.15) is 4.58 Å². The lowest BCUT2D eigenvalue weighted by Crippen LogP contribution is -2.20. The van der Waals surface area contributed by atoms with E-state index >= 15 is 0 Å². The SMILES string of the molecule is C=CC(=C)N(CC)c1ccc(/C(=C2\C(c3ccccc3)=[N+](C)c3ccccc32)c2ccc(N(CC)/C(C)=C/C)cc2)cc1. The highest BCUT2D eigenvalue weighted by atomic mass is 15.1. The molecule has 0 aliphatic carbocycles. The smallest absolute Gasteiger partial charge is 0.221 e. The molecule has 43 heavy (non-hydrogen) atoms. The Bertz CT molecular complexity index is 1660. The summed E-state index contributed by atoms with van der Waals surface area (Å²) in [6, 6.07) is 37.4. The lowest BCUT2D eigenvalue weighted by molar-refractivity contribution is -0.400. The van der Waals surface area contributed by atoms with Gasteiger partial charge in [0.2, 0.25) is 11.4 Å². The molecule has 0 fully saturated rings. The third-order valence-electron chi connectivity index (χ3n) is 8.40. The molecule has 0 amide bonds. The maximum atomic E-state index is 4.20. The molecule has 1 aliphatic rings. The van der Waals surface area contributed by atoms with Crippen LogP contribution in [0.3, 0.4) is 0 Å². The summed E-state index contributed by atoms with van der Waals surface area (Å²) in [6.07, 6.45) is 3.98. The van der Waals surface area contributed by atoms with Crippen LogP contribution >= 0.6 is 0 Å². The number of anilines is 2. The first kappa shape index (κ1) is 29.6. The van der Waals surface area contributed by atoms with Gasteiger partial charge in [0.15, 0.2) is 0 Å². The molecule has 0 spiro atoms. The second-order valence-corrected chi connectivity index (χ2v) is 10.7. The van der Waals surface area contributed by atoms with Gasteiger partial charge in [0, 0.05) is 53.1 Å². The van der Waals surface area contributed by atoms with E-state index in [4.69, 9.17) is 0 Å². The number of nitrogens with zero attached hydrogens (tertiary/aromatic N) is 3. The molecule has 216 valence electrons. The third-order valence-corrected chi connectivity index (χ3v) is 8.40. The van der Waals surface area contributed by atoms with Gasteiger partial charge in [-0.3, -0.25) is 0 Å². The molecule has 3 nitrogen and oxygen atoms in total. The summed E-state index contributed by atoms with van der Waals surface area (Å²) in [6.45, 7) is 18.5. The monoisotopic (exact) mass is 564 g/mol. The van der Waals surface area contributed by atoms with Crippen molar-refractivity contribution in [2.45, 2.75) is 27.7 Å². The van der Waals surface area contributed by atoms with Crippen molar-refractivity contribution in [2.24, 2.45) is 0 Å². The highest BCUT2D eigenvalue weighted by Crippen LogP contribution is 2.43. The number of fused-ring (bicyclic) bond motifs is 1. The summed E-state index contributed by atoms with van der Waals surface area (Å²) in [5.41, 5.74) is 14.1. The van der Waals surface area contributed by atoms with E-state index in [1.807, 2.05) is 6.08 Å². The van der Waals surface area contributed by atoms with Crippen molar-refractivity contribution in [1.29, 1.82) is 0 Å². The van der Waals surface area contributed by atoms with Gasteiger partial charge in [0.05, 0.1) is 11.1 Å². The van der Waals surface area contributed by atoms with Gasteiger partial charge < -0.3 is 9.80 Å². The predicted molar refractivity (Wildman–Crippen MR) is 186 cm³/mol. The Labute approximate surface area is 257 Å². The van der Waals surface area contributed by atoms with Crippen LogP contribution in [0.1, 0.15) is 49.9 Å². The number of likely N-dealkylation sites (N-methyl/N-ethyl adjacent to an activating group) is 1. The second-order valence-electron chi connectivity index (χ2n) is 10.7. The van der Waals surface area contributed by atoms with Gasteiger partial charge in [-0.25, -0.2) is 0 Å². The number of rotatable bonds is 10. The second kappa shape index (κ2) is 13.0. The largest absolute Gasteiger partial charge is 0.346 e. The number of benzene rings is 4. The molecule has 0 bridgehead atoms. The molecular weight excluding hydrogens is 522 g/mol. The zero-order valence-corrected chi connectivity index (χ0v) is 26.1. The molecule has 0 saturated carbocycles. The molecule has 1 heterocycles. The van der Waals surface area contributed by atoms with Gasteiger partial charge in [-0.05, 0) is 87.4 Å². The molecule has 0 saturated heterocycles. The van der Waals surface area contributed by atoms with E-state index in [-0.39, 0.29) is 0 Å². The topological polar surface area (TPSA) is 9.49 Å². The Morgan fingerprint density at radius 1 is 0.744 bits per heavy atom. The van der Waals surface area contributed by atoms with Gasteiger partial charge >= 0.3 is 0 Å². The van der Waals surface area contributed by atoms with Gasteiger partial charge in [-0.1, -0.05) is 73.8 Å². The van der Waals surface area contributed by atoms with Crippen molar-refractivity contribution in [3.05, 3.63) is 162 Å². The molecule has 1 aliphatic heterocycles. The van der Waals surface area contributed by atoms with Gasteiger partial charge in [0.25, 0.3) is 0 Å². The van der Waals surface area contributed by atoms with Gasteiger partial charge in [0.1, 0.15) is 7.05 Å². The number of hydrogen-bond acceptors (Lipinski definition) is 2. The van der Waals surface area contributed by atoms with Crippen molar-refractivity contribution in [3.63, 3.8) is 0 Å². The molecule has 0 atom stereocenters. The summed E-state index contributed by atoms with van der Waals surface area (Å²) in [5, 5.41) is 0. The molecule has 0 N–H and O–H groups in total. The third kappa shape index (κ3) is 5.63. The fourth-order valence-corrected chi connectivity index (χ4v) is 6.10. The molecule has 0 aromatic heterocycles. The van der Waals surface area contributed by atoms with E-state index in [9.17, 15) is 0 Å². The fraction of sp³-hybridized carbons (Fsp3) is 0.175. The summed E-state index contributed by atoms with van der Waals surface area (Å²) in [7, 11) is 2.18. The zero-order chi connectivity index (χ0) is 30.5. The number of allylic oxidation sites excluding steroid dienone is 4. The molecule has 0 unspecified atom stereocenters. The van der Waals surface area contributed by atoms with Gasteiger partial charge in [-0.15, -0.1) is 0 Å². The van der Waals surface area contributed by atoms with Crippen LogP contribution in [0.15, 0.2) is 140 Å². The van der Waals surface area contributed by atoms with E-state index < -0.39 is 0 Å². The minimum atomic E-state index is 0.823. The quantitative estimate of drug-likeness (QED) is 0.140. The van der Waals surface area contributed by atoms with E-state index in [0.717, 1.165) is 24.5 Å². The Kier molecular flexibility index (Phi) is 8.92. The lowest BCUT2D eigenvalue weighted by Gasteiger charge is -2.25. The average molecular weight is 565 g/mol. The van der Waals surface area contributed by atoms with E-state index in [0.29, 0.717) is 0 Å². The lowest BCUT2D eigenvalue weighted by atomic mass is 9.86. The first-order valence-corrected chi connectivity index (χ1v) is 15.1. The summed E-state index contributed by atoms with van der Waals surface area (Å²) in [5.74, 6) is 0. The van der Waals surface area contributed by atoms with Crippen LogP contribution in [0.4, 0.5) is 17.1 Å². The normalized spacial score (nSPS) is 13.9. The minimum absolute atomic E-state index is 0.823. The standard InChI is InChI=1S/C40H42N3/c1-8-29(5)42(10-3)34-25-21-31(22-26-34)38(32-23-27-35(28-24-32)43(11-4)30(6)9-2)39-36-19-15-16-20-37(36)41(7)40(39)33-17-13-12-14-18-33/h8-9,12-28H,1,5,10-11H2,2-4,6-7H3/q+1/b30-9+. The Hall–Kier alpha value is -4.89. The van der Waals surface area contributed by atoms with Crippen molar-refractivity contribution >= 4 is 33.9 Å². The molecule has 0 radical (unpaired) electrons. The zero-order valence-electron chi connectivity index (χ0n) is 26.1. The Balaban J connectivity index is 1.77. The Morgan fingerprint density at radius 2 is 1.28 bits per heavy atom. The first-order chi connectivity index (χ1) is 20.9. The summed E-state index contributed by atoms with van der Waals surface area (Å²) >= 11 is 0. The predicted octanol–water partition coefficient (Wildman–Crippen LogP) is 9.70. The van der Waals surface area contributed by atoms with Crippen molar-refractivity contribution in [1.82, 2.24) is 0 Å². The molecule has 5 rings (SSSR count). The highest BCUT2D eigenvalue weighted by Gasteiger charge is 2.36. The van der Waals surface area contributed by atoms with Crippen LogP contribution in [0.5, 0.6) is 0 Å². The van der Waals surface area contributed by atoms with Crippen molar-refractivity contribution in [3.8, 4) is 0 Å². The molecule has 4 aromatic carbocycles. The number of hydrogen-bond donors (Lipinski definition) is 0. The van der Waals surface area contributed by atoms with Crippen molar-refractivity contribution < 1.29 is 4.58 Å². The van der Waals surface area contributed by atoms with Crippen LogP contribution in [-0.2, 0) is 0 Å². The van der Waals surface area contributed by atoms with E-state index in [1.165, 1.54) is 56.2 Å². The van der Waals surface area contributed by atoms with E-state index in [1.54, 1.807) is 0 Å². The molecular formula is C40H42N3+. The fourth-order valence-electron chi connectivity index (χ4n) is 6.10. The maximum absolute atomic E-state index is 4.20.